The standard InChI is InChI=1S/C21H21N7OS/c22-19(29)17-10-14(13-30-17)16-12-25-20(21-23-6-9-28(16)21)26-15-4-5-18(24-11-15)27-7-2-1-3-8-27/h4-6,9-13H,1-3,7-8H2,(H2,22,29)(H,25,26). The van der Waals surface area contributed by atoms with Crippen LogP contribution in [0.15, 0.2) is 48.4 Å². The number of carbonyl (C=O) groups excluding carboxylic acids is 1. The lowest BCUT2D eigenvalue weighted by Crippen LogP contribution is -2.29. The molecule has 5 heterocycles. The molecule has 5 rings (SSSR count). The van der Waals surface area contributed by atoms with E-state index >= 15 is 0 Å². The number of carbonyl (C=O) groups is 1. The van der Waals surface area contributed by atoms with Gasteiger partial charge in [-0.3, -0.25) is 9.20 Å². The van der Waals surface area contributed by atoms with Crippen LogP contribution >= 0.6 is 11.3 Å². The van der Waals surface area contributed by atoms with Crippen molar-refractivity contribution in [1.82, 2.24) is 19.4 Å². The maximum atomic E-state index is 11.4. The van der Waals surface area contributed by atoms with Crippen molar-refractivity contribution in [3.63, 3.8) is 0 Å². The molecule has 1 aliphatic rings. The molecule has 0 saturated carbocycles. The smallest absolute Gasteiger partial charge is 0.258 e. The Kier molecular flexibility index (Phi) is 4.80. The summed E-state index contributed by atoms with van der Waals surface area (Å²) in [5, 5.41) is 5.21. The second kappa shape index (κ2) is 7.75. The van der Waals surface area contributed by atoms with Crippen LogP contribution in [0.3, 0.4) is 0 Å². The zero-order valence-corrected chi connectivity index (χ0v) is 17.1. The summed E-state index contributed by atoms with van der Waals surface area (Å²) in [5.74, 6) is 1.22. The van der Waals surface area contributed by atoms with Crippen LogP contribution in [0.1, 0.15) is 28.9 Å². The highest BCUT2D eigenvalue weighted by Gasteiger charge is 2.15. The van der Waals surface area contributed by atoms with E-state index in [9.17, 15) is 4.79 Å². The fraction of sp³-hybridized carbons (Fsp3) is 0.238. The summed E-state index contributed by atoms with van der Waals surface area (Å²) in [6.45, 7) is 2.13. The van der Waals surface area contributed by atoms with E-state index in [1.165, 1.54) is 30.6 Å². The van der Waals surface area contributed by atoms with E-state index in [0.29, 0.717) is 16.3 Å². The number of anilines is 3. The zero-order chi connectivity index (χ0) is 20.5. The third-order valence-electron chi connectivity index (χ3n) is 5.26. The first-order valence-electron chi connectivity index (χ1n) is 9.88. The fourth-order valence-electron chi connectivity index (χ4n) is 3.73. The molecule has 152 valence electrons. The normalized spacial score (nSPS) is 14.2. The Morgan fingerprint density at radius 2 is 1.97 bits per heavy atom. The van der Waals surface area contributed by atoms with Gasteiger partial charge in [-0.15, -0.1) is 11.3 Å². The van der Waals surface area contributed by atoms with Crippen molar-refractivity contribution in [1.29, 1.82) is 0 Å². The van der Waals surface area contributed by atoms with E-state index < -0.39 is 5.91 Å². The van der Waals surface area contributed by atoms with E-state index in [1.807, 2.05) is 34.3 Å². The molecule has 0 aromatic carbocycles. The molecule has 30 heavy (non-hydrogen) atoms. The van der Waals surface area contributed by atoms with Crippen LogP contribution in [0.25, 0.3) is 16.9 Å². The van der Waals surface area contributed by atoms with Crippen LogP contribution in [0.2, 0.25) is 0 Å². The molecule has 1 amide bonds. The van der Waals surface area contributed by atoms with Gasteiger partial charge in [0, 0.05) is 36.4 Å². The second-order valence-electron chi connectivity index (χ2n) is 7.25. The maximum absolute atomic E-state index is 11.4. The third kappa shape index (κ3) is 3.48. The van der Waals surface area contributed by atoms with Gasteiger partial charge >= 0.3 is 0 Å². The molecule has 1 fully saturated rings. The molecule has 0 radical (unpaired) electrons. The summed E-state index contributed by atoms with van der Waals surface area (Å²) in [4.78, 5) is 27.9. The molecule has 0 bridgehead atoms. The molecule has 1 aliphatic heterocycles. The van der Waals surface area contributed by atoms with E-state index in [-0.39, 0.29) is 0 Å². The number of fused-ring (bicyclic) bond motifs is 1. The number of thiophene rings is 1. The summed E-state index contributed by atoms with van der Waals surface area (Å²) < 4.78 is 1.94. The predicted molar refractivity (Wildman–Crippen MR) is 118 cm³/mol. The fourth-order valence-corrected chi connectivity index (χ4v) is 4.48. The first-order chi connectivity index (χ1) is 14.7. The van der Waals surface area contributed by atoms with Crippen molar-refractivity contribution < 1.29 is 4.79 Å². The van der Waals surface area contributed by atoms with E-state index in [4.69, 9.17) is 5.73 Å². The van der Waals surface area contributed by atoms with Gasteiger partial charge in [0.15, 0.2) is 11.5 Å². The molecule has 0 aliphatic carbocycles. The molecule has 4 aromatic heterocycles. The van der Waals surface area contributed by atoms with E-state index in [2.05, 4.69) is 25.2 Å². The number of nitrogens with one attached hydrogen (secondary N) is 1. The Balaban J connectivity index is 1.41. The van der Waals surface area contributed by atoms with Crippen molar-refractivity contribution in [2.24, 2.45) is 5.73 Å². The summed E-state index contributed by atoms with van der Waals surface area (Å²) in [5.41, 5.74) is 8.65. The van der Waals surface area contributed by atoms with Crippen molar-refractivity contribution >= 4 is 40.2 Å². The number of imidazole rings is 1. The average Bonchev–Trinajstić information content (AvgIpc) is 3.46. The number of aromatic nitrogens is 4. The summed E-state index contributed by atoms with van der Waals surface area (Å²) in [6.07, 6.45) is 10.9. The molecule has 0 atom stereocenters. The third-order valence-corrected chi connectivity index (χ3v) is 6.20. The largest absolute Gasteiger partial charge is 0.365 e. The predicted octanol–water partition coefficient (Wildman–Crippen LogP) is 3.69. The number of primary amides is 1. The highest BCUT2D eigenvalue weighted by Crippen LogP contribution is 2.29. The van der Waals surface area contributed by atoms with Crippen LogP contribution < -0.4 is 16.0 Å². The second-order valence-corrected chi connectivity index (χ2v) is 8.17. The number of rotatable bonds is 5. The van der Waals surface area contributed by atoms with Gasteiger partial charge < -0.3 is 16.0 Å². The minimum atomic E-state index is -0.431. The lowest BCUT2D eigenvalue weighted by atomic mass is 10.1. The number of amides is 1. The minimum Gasteiger partial charge on any atom is -0.365 e. The van der Waals surface area contributed by atoms with Gasteiger partial charge in [-0.25, -0.2) is 15.0 Å². The molecule has 0 spiro atoms. The molecule has 4 aromatic rings. The molecular formula is C21H21N7OS. The average molecular weight is 420 g/mol. The number of nitrogens with zero attached hydrogens (tertiary/aromatic N) is 5. The molecule has 3 N–H and O–H groups in total. The molecule has 9 heteroatoms. The summed E-state index contributed by atoms with van der Waals surface area (Å²) in [7, 11) is 0. The Morgan fingerprint density at radius 1 is 1.10 bits per heavy atom. The van der Waals surface area contributed by atoms with Crippen molar-refractivity contribution in [3.05, 3.63) is 53.2 Å². The van der Waals surface area contributed by atoms with Crippen LogP contribution in [0.4, 0.5) is 17.3 Å². The van der Waals surface area contributed by atoms with Crippen LogP contribution in [0.5, 0.6) is 0 Å². The van der Waals surface area contributed by atoms with Crippen LogP contribution in [-0.2, 0) is 0 Å². The van der Waals surface area contributed by atoms with Gasteiger partial charge in [-0.05, 0) is 37.5 Å². The monoisotopic (exact) mass is 419 g/mol. The Bertz CT molecular complexity index is 1190. The van der Waals surface area contributed by atoms with Crippen molar-refractivity contribution in [2.45, 2.75) is 19.3 Å². The van der Waals surface area contributed by atoms with Gasteiger partial charge in [0.05, 0.1) is 28.7 Å². The van der Waals surface area contributed by atoms with Crippen molar-refractivity contribution in [2.75, 3.05) is 23.3 Å². The van der Waals surface area contributed by atoms with Gasteiger partial charge in [-0.2, -0.15) is 0 Å². The van der Waals surface area contributed by atoms with Gasteiger partial charge in [0.2, 0.25) is 0 Å². The lowest BCUT2D eigenvalue weighted by Gasteiger charge is -2.27. The van der Waals surface area contributed by atoms with Gasteiger partial charge in [0.25, 0.3) is 5.91 Å². The zero-order valence-electron chi connectivity index (χ0n) is 16.3. The summed E-state index contributed by atoms with van der Waals surface area (Å²) >= 11 is 1.32. The molecular weight excluding hydrogens is 398 g/mol. The van der Waals surface area contributed by atoms with Gasteiger partial charge in [-0.1, -0.05) is 0 Å². The maximum Gasteiger partial charge on any atom is 0.258 e. The highest BCUT2D eigenvalue weighted by atomic mass is 32.1. The number of hydrogen-bond donors (Lipinski definition) is 2. The number of nitrogens with two attached hydrogens (primary N) is 1. The Hall–Kier alpha value is -3.46. The van der Waals surface area contributed by atoms with Crippen LogP contribution in [-0.4, -0.2) is 38.3 Å². The van der Waals surface area contributed by atoms with Gasteiger partial charge in [0.1, 0.15) is 5.82 Å². The molecule has 8 nitrogen and oxygen atoms in total. The van der Waals surface area contributed by atoms with E-state index in [0.717, 1.165) is 35.9 Å². The Morgan fingerprint density at radius 3 is 2.70 bits per heavy atom. The number of pyridine rings is 1. The quantitative estimate of drug-likeness (QED) is 0.512. The molecule has 0 unspecified atom stereocenters. The number of hydrogen-bond acceptors (Lipinski definition) is 7. The SMILES string of the molecule is NC(=O)c1cc(-c2cnc(Nc3ccc(N4CCCCC4)nc3)c3nccn23)cs1. The lowest BCUT2D eigenvalue weighted by molar-refractivity contribution is 0.100. The van der Waals surface area contributed by atoms with Crippen LogP contribution in [0, 0.1) is 0 Å². The minimum absolute atomic E-state index is 0.431. The highest BCUT2D eigenvalue weighted by molar-refractivity contribution is 7.12. The first kappa shape index (κ1) is 18.6. The topological polar surface area (TPSA) is 101 Å². The molecule has 1 saturated heterocycles. The first-order valence-corrected chi connectivity index (χ1v) is 10.8. The Labute approximate surface area is 177 Å². The summed E-state index contributed by atoms with van der Waals surface area (Å²) in [6, 6.07) is 5.84. The van der Waals surface area contributed by atoms with E-state index in [1.54, 1.807) is 18.5 Å². The van der Waals surface area contributed by atoms with Crippen molar-refractivity contribution in [3.8, 4) is 11.3 Å². The number of piperidine rings is 1.